The second kappa shape index (κ2) is 14.8. The number of hydrogen-bond donors (Lipinski definition) is 0. The van der Waals surface area contributed by atoms with E-state index in [9.17, 15) is 0 Å². The van der Waals surface area contributed by atoms with Gasteiger partial charge in [-0.05, 0) is 108 Å². The Morgan fingerprint density at radius 3 is 1.65 bits per heavy atom. The summed E-state index contributed by atoms with van der Waals surface area (Å²) in [6.07, 6.45) is 0. The lowest BCUT2D eigenvalue weighted by molar-refractivity contribution is 0.670. The lowest BCUT2D eigenvalue weighted by atomic mass is 9.84. The Morgan fingerprint density at radius 1 is 0.290 bits per heavy atom. The zero-order valence-corrected chi connectivity index (χ0v) is 33.9. The molecule has 2 nitrogen and oxygen atoms in total. The number of nitrogens with zero attached hydrogens (tertiary/aromatic N) is 1. The third kappa shape index (κ3) is 5.96. The molecule has 290 valence electrons. The smallest absolute Gasteiger partial charge is 0.143 e. The molecule has 0 atom stereocenters. The fourth-order valence-electron chi connectivity index (χ4n) is 9.60. The van der Waals surface area contributed by atoms with Gasteiger partial charge in [0.05, 0.1) is 5.69 Å². The molecule has 0 N–H and O–H groups in total. The summed E-state index contributed by atoms with van der Waals surface area (Å²) in [6.45, 7) is 0. The molecule has 0 spiro atoms. The van der Waals surface area contributed by atoms with E-state index in [1.807, 2.05) is 12.1 Å². The van der Waals surface area contributed by atoms with E-state index >= 15 is 0 Å². The summed E-state index contributed by atoms with van der Waals surface area (Å²) >= 11 is 0. The lowest BCUT2D eigenvalue weighted by Crippen LogP contribution is -2.10. The highest BCUT2D eigenvalue weighted by Gasteiger charge is 2.20. The van der Waals surface area contributed by atoms with E-state index in [1.54, 1.807) is 0 Å². The minimum absolute atomic E-state index is 0.899. The summed E-state index contributed by atoms with van der Waals surface area (Å²) in [6, 6.07) is 85.4. The molecule has 0 aliphatic rings. The first-order chi connectivity index (χ1) is 30.8. The largest absolute Gasteiger partial charge is 0.455 e. The van der Waals surface area contributed by atoms with Crippen LogP contribution in [-0.2, 0) is 0 Å². The first-order valence-electron chi connectivity index (χ1n) is 21.3. The summed E-state index contributed by atoms with van der Waals surface area (Å²) in [5, 5.41) is 9.64. The van der Waals surface area contributed by atoms with Crippen molar-refractivity contribution in [2.45, 2.75) is 0 Å². The van der Waals surface area contributed by atoms with E-state index in [0.29, 0.717) is 0 Å². The van der Waals surface area contributed by atoms with E-state index < -0.39 is 0 Å². The molecule has 0 aliphatic carbocycles. The fourth-order valence-corrected chi connectivity index (χ4v) is 9.60. The summed E-state index contributed by atoms with van der Waals surface area (Å²) < 4.78 is 6.52. The molecule has 0 fully saturated rings. The molecule has 1 aromatic heterocycles. The normalized spacial score (nSPS) is 11.5. The van der Waals surface area contributed by atoms with Crippen LogP contribution in [0.1, 0.15) is 0 Å². The maximum absolute atomic E-state index is 6.52. The van der Waals surface area contributed by atoms with Gasteiger partial charge in [-0.1, -0.05) is 194 Å². The van der Waals surface area contributed by atoms with Crippen LogP contribution in [0.25, 0.3) is 98.8 Å². The van der Waals surface area contributed by atoms with Crippen LogP contribution in [0, 0.1) is 0 Å². The van der Waals surface area contributed by atoms with Crippen molar-refractivity contribution in [1.82, 2.24) is 0 Å². The van der Waals surface area contributed by atoms with Crippen LogP contribution < -0.4 is 4.90 Å². The van der Waals surface area contributed by atoms with Crippen molar-refractivity contribution in [2.75, 3.05) is 4.90 Å². The average Bonchev–Trinajstić information content (AvgIpc) is 3.73. The van der Waals surface area contributed by atoms with Crippen LogP contribution >= 0.6 is 0 Å². The Bertz CT molecular complexity index is 3620. The Balaban J connectivity index is 1.02. The van der Waals surface area contributed by atoms with Crippen molar-refractivity contribution >= 4 is 71.3 Å². The van der Waals surface area contributed by atoms with E-state index in [4.69, 9.17) is 4.42 Å². The highest BCUT2D eigenvalue weighted by atomic mass is 16.3. The van der Waals surface area contributed by atoms with E-state index in [1.165, 1.54) is 60.1 Å². The quantitative estimate of drug-likeness (QED) is 0.150. The van der Waals surface area contributed by atoms with Crippen molar-refractivity contribution in [1.29, 1.82) is 0 Å². The van der Waals surface area contributed by atoms with Gasteiger partial charge in [-0.15, -0.1) is 0 Å². The molecule has 0 aliphatic heterocycles. The van der Waals surface area contributed by atoms with Crippen molar-refractivity contribution in [3.05, 3.63) is 237 Å². The van der Waals surface area contributed by atoms with Gasteiger partial charge in [0.25, 0.3) is 0 Å². The number of fused-ring (bicyclic) bond motifs is 7. The first kappa shape index (κ1) is 35.7. The van der Waals surface area contributed by atoms with Crippen LogP contribution in [0.3, 0.4) is 0 Å². The molecular formula is C60H39NO. The van der Waals surface area contributed by atoms with Crippen molar-refractivity contribution in [3.8, 4) is 44.5 Å². The van der Waals surface area contributed by atoms with Gasteiger partial charge < -0.3 is 9.32 Å². The van der Waals surface area contributed by atoms with Crippen LogP contribution in [0.5, 0.6) is 0 Å². The Kier molecular flexibility index (Phi) is 8.53. The van der Waals surface area contributed by atoms with Gasteiger partial charge in [0.1, 0.15) is 11.2 Å². The molecule has 0 saturated carbocycles. The molecule has 2 heteroatoms. The zero-order chi connectivity index (χ0) is 41.0. The molecule has 12 rings (SSSR count). The number of rotatable bonds is 7. The molecule has 12 aromatic rings. The molecule has 0 bridgehead atoms. The van der Waals surface area contributed by atoms with Gasteiger partial charge in [-0.2, -0.15) is 0 Å². The summed E-state index contributed by atoms with van der Waals surface area (Å²) in [5.74, 6) is 0. The summed E-state index contributed by atoms with van der Waals surface area (Å²) in [7, 11) is 0. The van der Waals surface area contributed by atoms with E-state index in [2.05, 4.69) is 229 Å². The number of furan rings is 1. The van der Waals surface area contributed by atoms with Crippen LogP contribution in [-0.4, -0.2) is 0 Å². The van der Waals surface area contributed by atoms with Crippen molar-refractivity contribution < 1.29 is 4.42 Å². The number of para-hydroxylation sites is 2. The molecule has 0 saturated heterocycles. The third-order valence-corrected chi connectivity index (χ3v) is 12.4. The Morgan fingerprint density at radius 2 is 0.855 bits per heavy atom. The van der Waals surface area contributed by atoms with Gasteiger partial charge in [-0.3, -0.25) is 0 Å². The van der Waals surface area contributed by atoms with E-state index in [0.717, 1.165) is 55.7 Å². The molecule has 62 heavy (non-hydrogen) atoms. The summed E-state index contributed by atoms with van der Waals surface area (Å²) in [5.41, 5.74) is 14.5. The van der Waals surface area contributed by atoms with Gasteiger partial charge in [-0.25, -0.2) is 0 Å². The second-order valence-electron chi connectivity index (χ2n) is 16.0. The molecule has 0 unspecified atom stereocenters. The molecule has 1 heterocycles. The predicted molar refractivity (Wildman–Crippen MR) is 263 cm³/mol. The highest BCUT2D eigenvalue weighted by Crippen LogP contribution is 2.47. The van der Waals surface area contributed by atoms with Crippen LogP contribution in [0.2, 0.25) is 0 Å². The molecule has 0 amide bonds. The average molecular weight is 790 g/mol. The molecule has 0 radical (unpaired) electrons. The van der Waals surface area contributed by atoms with Crippen molar-refractivity contribution in [3.63, 3.8) is 0 Å². The number of hydrogen-bond acceptors (Lipinski definition) is 2. The second-order valence-corrected chi connectivity index (χ2v) is 16.0. The van der Waals surface area contributed by atoms with Gasteiger partial charge in [0.2, 0.25) is 0 Å². The third-order valence-electron chi connectivity index (χ3n) is 12.4. The number of benzene rings is 11. The predicted octanol–water partition coefficient (Wildman–Crippen LogP) is 17.2. The fraction of sp³-hybridized carbons (Fsp3) is 0. The standard InChI is InChI=1S/C60H39NO/c1-3-17-42(18-4-1)58-53-27-10-9-25-50(53)51-37-34-44(39-55(51)59(58)43-19-5-2-6-20-43)40-32-35-46(36-33-40)61(56-30-14-21-41-16-7-8-24-48(41)56)47-23-13-22-45(38-47)49-28-15-29-54-52-26-11-12-31-57(52)62-60(49)54/h1-39H. The first-order valence-corrected chi connectivity index (χ1v) is 21.3. The van der Waals surface area contributed by atoms with Crippen molar-refractivity contribution in [2.24, 2.45) is 0 Å². The van der Waals surface area contributed by atoms with Gasteiger partial charge >= 0.3 is 0 Å². The van der Waals surface area contributed by atoms with Gasteiger partial charge in [0.15, 0.2) is 0 Å². The topological polar surface area (TPSA) is 16.4 Å². The minimum atomic E-state index is 0.899. The maximum Gasteiger partial charge on any atom is 0.143 e. The van der Waals surface area contributed by atoms with Crippen LogP contribution in [0.4, 0.5) is 17.1 Å². The SMILES string of the molecule is c1ccc(-c2c(-c3ccccc3)c3cc(-c4ccc(N(c5cccc(-c6cccc7c6oc6ccccc67)c5)c5cccc6ccccc56)cc4)ccc3c3ccccc23)cc1. The minimum Gasteiger partial charge on any atom is -0.455 e. The Labute approximate surface area is 360 Å². The summed E-state index contributed by atoms with van der Waals surface area (Å²) in [4.78, 5) is 2.39. The number of anilines is 3. The monoisotopic (exact) mass is 789 g/mol. The lowest BCUT2D eigenvalue weighted by Gasteiger charge is -2.27. The van der Waals surface area contributed by atoms with Crippen LogP contribution in [0.15, 0.2) is 241 Å². The van der Waals surface area contributed by atoms with E-state index in [-0.39, 0.29) is 0 Å². The molecular weight excluding hydrogens is 751 g/mol. The Hall–Kier alpha value is -8.20. The highest BCUT2D eigenvalue weighted by molar-refractivity contribution is 6.22. The maximum atomic E-state index is 6.52. The van der Waals surface area contributed by atoms with Gasteiger partial charge in [0, 0.05) is 33.1 Å². The zero-order valence-electron chi connectivity index (χ0n) is 33.9. The molecule has 11 aromatic carbocycles.